The highest BCUT2D eigenvalue weighted by Crippen LogP contribution is 2.11. The lowest BCUT2D eigenvalue weighted by Crippen LogP contribution is -2.31. The van der Waals surface area contributed by atoms with E-state index >= 15 is 0 Å². The highest BCUT2D eigenvalue weighted by atomic mass is 35.5. The second-order valence-corrected chi connectivity index (χ2v) is 4.38. The van der Waals surface area contributed by atoms with Gasteiger partial charge in [-0.2, -0.15) is 0 Å². The second kappa shape index (κ2) is 8.82. The van der Waals surface area contributed by atoms with Crippen molar-refractivity contribution in [2.24, 2.45) is 11.7 Å². The Morgan fingerprint density at radius 2 is 2.11 bits per heavy atom. The van der Waals surface area contributed by atoms with Crippen LogP contribution in [0.3, 0.4) is 0 Å². The standard InChI is InChI=1S/C13H18F2N2O.ClH/c1-9(7-16)8-17-13(18)5-2-10-6-11(14)3-4-12(10)15;/h3-4,6,9H,2,5,7-8,16H2,1H3,(H,17,18);1H. The Hall–Kier alpha value is -1.20. The van der Waals surface area contributed by atoms with Crippen LogP contribution in [0.1, 0.15) is 18.9 Å². The summed E-state index contributed by atoms with van der Waals surface area (Å²) in [5.74, 6) is -0.957. The van der Waals surface area contributed by atoms with Gasteiger partial charge in [-0.1, -0.05) is 6.92 Å². The van der Waals surface area contributed by atoms with Crippen molar-refractivity contribution in [3.63, 3.8) is 0 Å². The first-order chi connectivity index (χ1) is 8.52. The topological polar surface area (TPSA) is 55.1 Å². The second-order valence-electron chi connectivity index (χ2n) is 4.38. The first kappa shape index (κ1) is 17.8. The molecule has 3 nitrogen and oxygen atoms in total. The SMILES string of the molecule is CC(CN)CNC(=O)CCc1cc(F)ccc1F.Cl. The average Bonchev–Trinajstić information content (AvgIpc) is 2.36. The number of nitrogens with two attached hydrogens (primary N) is 1. The van der Waals surface area contributed by atoms with Crippen molar-refractivity contribution in [3.05, 3.63) is 35.4 Å². The molecule has 0 aliphatic rings. The summed E-state index contributed by atoms with van der Waals surface area (Å²) in [6.07, 6.45) is 0.324. The van der Waals surface area contributed by atoms with Gasteiger partial charge >= 0.3 is 0 Å². The van der Waals surface area contributed by atoms with Crippen LogP contribution in [0.4, 0.5) is 8.78 Å². The maximum atomic E-state index is 13.3. The number of halogens is 3. The van der Waals surface area contributed by atoms with Gasteiger partial charge in [0.05, 0.1) is 0 Å². The monoisotopic (exact) mass is 292 g/mol. The molecule has 1 aromatic rings. The molecule has 0 spiro atoms. The van der Waals surface area contributed by atoms with Crippen molar-refractivity contribution in [3.8, 4) is 0 Å². The fourth-order valence-electron chi connectivity index (χ4n) is 1.44. The zero-order valence-corrected chi connectivity index (χ0v) is 11.6. The molecule has 0 fully saturated rings. The van der Waals surface area contributed by atoms with E-state index in [0.717, 1.165) is 18.2 Å². The van der Waals surface area contributed by atoms with Crippen molar-refractivity contribution in [1.82, 2.24) is 5.32 Å². The van der Waals surface area contributed by atoms with Gasteiger partial charge in [-0.25, -0.2) is 8.78 Å². The summed E-state index contributed by atoms with van der Waals surface area (Å²) in [6.45, 7) is 2.92. The van der Waals surface area contributed by atoms with Gasteiger partial charge in [0, 0.05) is 13.0 Å². The molecule has 19 heavy (non-hydrogen) atoms. The molecule has 6 heteroatoms. The van der Waals surface area contributed by atoms with Crippen molar-refractivity contribution >= 4 is 18.3 Å². The minimum atomic E-state index is -0.497. The zero-order chi connectivity index (χ0) is 13.5. The molecule has 0 aromatic heterocycles. The number of carbonyl (C=O) groups is 1. The smallest absolute Gasteiger partial charge is 0.220 e. The summed E-state index contributed by atoms with van der Waals surface area (Å²) in [7, 11) is 0. The summed E-state index contributed by atoms with van der Waals surface area (Å²) in [5, 5.41) is 2.70. The van der Waals surface area contributed by atoms with E-state index in [9.17, 15) is 13.6 Å². The molecule has 0 aliphatic heterocycles. The van der Waals surface area contributed by atoms with E-state index in [0.29, 0.717) is 13.1 Å². The Morgan fingerprint density at radius 3 is 2.74 bits per heavy atom. The molecular weight excluding hydrogens is 274 g/mol. The molecule has 0 aliphatic carbocycles. The van der Waals surface area contributed by atoms with Crippen LogP contribution in [-0.2, 0) is 11.2 Å². The Bertz CT molecular complexity index is 416. The summed E-state index contributed by atoms with van der Waals surface area (Å²) in [6, 6.07) is 3.24. The van der Waals surface area contributed by atoms with Gasteiger partial charge in [-0.3, -0.25) is 4.79 Å². The number of aryl methyl sites for hydroxylation is 1. The molecule has 0 saturated carbocycles. The number of amides is 1. The van der Waals surface area contributed by atoms with Crippen LogP contribution in [0.5, 0.6) is 0 Å². The third-order valence-corrected chi connectivity index (χ3v) is 2.68. The summed E-state index contributed by atoms with van der Waals surface area (Å²) in [4.78, 5) is 11.5. The molecule has 1 rings (SSSR count). The molecule has 3 N–H and O–H groups in total. The first-order valence-corrected chi connectivity index (χ1v) is 5.93. The van der Waals surface area contributed by atoms with E-state index in [2.05, 4.69) is 5.32 Å². The van der Waals surface area contributed by atoms with Crippen molar-refractivity contribution in [1.29, 1.82) is 0 Å². The van der Waals surface area contributed by atoms with E-state index in [1.165, 1.54) is 0 Å². The number of benzene rings is 1. The van der Waals surface area contributed by atoms with Crippen LogP contribution in [0, 0.1) is 17.6 Å². The van der Waals surface area contributed by atoms with Crippen molar-refractivity contribution < 1.29 is 13.6 Å². The average molecular weight is 293 g/mol. The van der Waals surface area contributed by atoms with Gasteiger partial charge in [0.1, 0.15) is 11.6 Å². The maximum absolute atomic E-state index is 13.3. The number of carbonyl (C=O) groups excluding carboxylic acids is 1. The van der Waals surface area contributed by atoms with E-state index in [1.807, 2.05) is 6.92 Å². The third-order valence-electron chi connectivity index (χ3n) is 2.68. The Kier molecular flexibility index (Phi) is 8.27. The van der Waals surface area contributed by atoms with E-state index in [4.69, 9.17) is 5.73 Å². The number of hydrogen-bond donors (Lipinski definition) is 2. The molecule has 0 bridgehead atoms. The van der Waals surface area contributed by atoms with Gasteiger partial charge < -0.3 is 11.1 Å². The molecular formula is C13H19ClF2N2O. The predicted octanol–water partition coefficient (Wildman–Crippen LogP) is 2.03. The minimum absolute atomic E-state index is 0. The fourth-order valence-corrected chi connectivity index (χ4v) is 1.44. The van der Waals surface area contributed by atoms with Gasteiger partial charge in [0.2, 0.25) is 5.91 Å². The molecule has 108 valence electrons. The molecule has 1 amide bonds. The Balaban J connectivity index is 0.00000324. The van der Waals surface area contributed by atoms with Gasteiger partial charge in [0.15, 0.2) is 0 Å². The lowest BCUT2D eigenvalue weighted by Gasteiger charge is -2.10. The molecule has 0 heterocycles. The van der Waals surface area contributed by atoms with Crippen LogP contribution >= 0.6 is 12.4 Å². The van der Waals surface area contributed by atoms with Crippen LogP contribution < -0.4 is 11.1 Å². The quantitative estimate of drug-likeness (QED) is 0.843. The number of hydrogen-bond acceptors (Lipinski definition) is 2. The molecule has 0 radical (unpaired) electrons. The summed E-state index contributed by atoms with van der Waals surface area (Å²) >= 11 is 0. The van der Waals surface area contributed by atoms with Crippen LogP contribution in [0.2, 0.25) is 0 Å². The highest BCUT2D eigenvalue weighted by molar-refractivity contribution is 5.85. The van der Waals surface area contributed by atoms with Crippen LogP contribution in [-0.4, -0.2) is 19.0 Å². The van der Waals surface area contributed by atoms with Gasteiger partial charge in [0.25, 0.3) is 0 Å². The number of rotatable bonds is 6. The van der Waals surface area contributed by atoms with Crippen LogP contribution in [0.25, 0.3) is 0 Å². The molecule has 0 saturated heterocycles. The number of nitrogens with one attached hydrogen (secondary N) is 1. The Labute approximate surface area is 118 Å². The molecule has 1 atom stereocenters. The summed E-state index contributed by atoms with van der Waals surface area (Å²) in [5.41, 5.74) is 5.64. The highest BCUT2D eigenvalue weighted by Gasteiger charge is 2.08. The fraction of sp³-hybridized carbons (Fsp3) is 0.462. The Morgan fingerprint density at radius 1 is 1.42 bits per heavy atom. The predicted molar refractivity (Wildman–Crippen MR) is 73.2 cm³/mol. The van der Waals surface area contributed by atoms with E-state index in [1.54, 1.807) is 0 Å². The van der Waals surface area contributed by atoms with E-state index in [-0.39, 0.29) is 42.6 Å². The third kappa shape index (κ3) is 6.50. The van der Waals surface area contributed by atoms with Gasteiger partial charge in [-0.05, 0) is 42.6 Å². The largest absolute Gasteiger partial charge is 0.356 e. The maximum Gasteiger partial charge on any atom is 0.220 e. The molecule has 1 unspecified atom stereocenters. The van der Waals surface area contributed by atoms with Crippen LogP contribution in [0.15, 0.2) is 18.2 Å². The van der Waals surface area contributed by atoms with Gasteiger partial charge in [-0.15, -0.1) is 12.4 Å². The summed E-state index contributed by atoms with van der Waals surface area (Å²) < 4.78 is 26.2. The molecule has 1 aromatic carbocycles. The van der Waals surface area contributed by atoms with Crippen molar-refractivity contribution in [2.45, 2.75) is 19.8 Å². The zero-order valence-electron chi connectivity index (χ0n) is 10.8. The van der Waals surface area contributed by atoms with Crippen molar-refractivity contribution in [2.75, 3.05) is 13.1 Å². The lowest BCUT2D eigenvalue weighted by molar-refractivity contribution is -0.121. The minimum Gasteiger partial charge on any atom is -0.356 e. The van der Waals surface area contributed by atoms with E-state index < -0.39 is 11.6 Å². The normalized spacial score (nSPS) is 11.6. The lowest BCUT2D eigenvalue weighted by atomic mass is 10.1. The first-order valence-electron chi connectivity index (χ1n) is 5.93.